The average Bonchev–Trinajstić information content (AvgIpc) is 2.61. The number of hydrogen-bond acceptors (Lipinski definition) is 5. The molecule has 2 aromatic carbocycles. The van der Waals surface area contributed by atoms with Crippen molar-refractivity contribution >= 4 is 39.2 Å². The summed E-state index contributed by atoms with van der Waals surface area (Å²) in [7, 11) is -4.13. The van der Waals surface area contributed by atoms with Gasteiger partial charge in [-0.3, -0.25) is 4.79 Å². The van der Waals surface area contributed by atoms with Crippen molar-refractivity contribution < 1.29 is 23.1 Å². The molecule has 2 rings (SSSR count). The van der Waals surface area contributed by atoms with Gasteiger partial charge in [0.05, 0.1) is 21.0 Å². The third-order valence-corrected chi connectivity index (χ3v) is 5.90. The highest BCUT2D eigenvalue weighted by Crippen LogP contribution is 2.25. The van der Waals surface area contributed by atoms with Crippen molar-refractivity contribution in [1.82, 2.24) is 4.72 Å². The second-order valence-electron chi connectivity index (χ2n) is 6.01. The molecule has 2 N–H and O–H groups in total. The number of nitrogens with one attached hydrogen (secondary N) is 1. The zero-order chi connectivity index (χ0) is 20.2. The zero-order valence-electron chi connectivity index (χ0n) is 14.6. The van der Waals surface area contributed by atoms with Gasteiger partial charge in [0.25, 0.3) is 0 Å². The molecule has 9 heteroatoms. The SMILES string of the molecule is Cc1ccc(COC(=O)[C@H](NS(=O)(=O)c2ccc(Cl)c(Cl)c2)[C@@H](C)O)cc1. The molecule has 0 fully saturated rings. The zero-order valence-corrected chi connectivity index (χ0v) is 17.0. The van der Waals surface area contributed by atoms with E-state index in [9.17, 15) is 18.3 Å². The molecule has 6 nitrogen and oxygen atoms in total. The molecule has 2 atom stereocenters. The molecule has 0 unspecified atom stereocenters. The van der Waals surface area contributed by atoms with Crippen molar-refractivity contribution in [3.8, 4) is 0 Å². The molecule has 0 saturated heterocycles. The summed E-state index contributed by atoms with van der Waals surface area (Å²) in [6, 6.07) is 9.56. The Kier molecular flexibility index (Phi) is 7.25. The minimum absolute atomic E-state index is 0.0448. The van der Waals surface area contributed by atoms with Crippen LogP contribution in [0.2, 0.25) is 10.0 Å². The summed E-state index contributed by atoms with van der Waals surface area (Å²) in [5.74, 6) is -0.894. The van der Waals surface area contributed by atoms with Crippen LogP contribution in [-0.2, 0) is 26.2 Å². The standard InChI is InChI=1S/C18H19Cl2NO5S/c1-11-3-5-13(6-4-11)10-26-18(23)17(12(2)22)21-27(24,25)14-7-8-15(19)16(20)9-14/h3-9,12,17,21-22H,10H2,1-2H3/t12-,17-/m1/s1. The first-order chi connectivity index (χ1) is 12.6. The van der Waals surface area contributed by atoms with Gasteiger partial charge in [0.15, 0.2) is 0 Å². The molecule has 0 heterocycles. The van der Waals surface area contributed by atoms with E-state index in [0.717, 1.165) is 17.2 Å². The quantitative estimate of drug-likeness (QED) is 0.656. The minimum atomic E-state index is -4.13. The van der Waals surface area contributed by atoms with Gasteiger partial charge in [0.2, 0.25) is 10.0 Å². The predicted molar refractivity (Wildman–Crippen MR) is 103 cm³/mol. The molecule has 0 aliphatic heterocycles. The van der Waals surface area contributed by atoms with Crippen LogP contribution in [0, 0.1) is 6.92 Å². The Labute approximate surface area is 168 Å². The van der Waals surface area contributed by atoms with Crippen LogP contribution in [-0.4, -0.2) is 31.6 Å². The first-order valence-corrected chi connectivity index (χ1v) is 10.2. The lowest BCUT2D eigenvalue weighted by Gasteiger charge is -2.20. The number of ether oxygens (including phenoxy) is 1. The van der Waals surface area contributed by atoms with Gasteiger partial charge in [-0.05, 0) is 37.6 Å². The summed E-state index contributed by atoms with van der Waals surface area (Å²) in [5.41, 5.74) is 1.80. The Morgan fingerprint density at radius 3 is 2.33 bits per heavy atom. The van der Waals surface area contributed by atoms with Gasteiger partial charge in [-0.2, -0.15) is 4.72 Å². The van der Waals surface area contributed by atoms with Gasteiger partial charge in [-0.15, -0.1) is 0 Å². The first kappa shape index (κ1) is 21.7. The molecule has 27 heavy (non-hydrogen) atoms. The van der Waals surface area contributed by atoms with Crippen molar-refractivity contribution in [3.63, 3.8) is 0 Å². The number of esters is 1. The van der Waals surface area contributed by atoms with Gasteiger partial charge in [-0.25, -0.2) is 8.42 Å². The van der Waals surface area contributed by atoms with Crippen LogP contribution in [0.5, 0.6) is 0 Å². The molecule has 0 radical (unpaired) electrons. The highest BCUT2D eigenvalue weighted by atomic mass is 35.5. The van der Waals surface area contributed by atoms with Crippen LogP contribution in [0.15, 0.2) is 47.4 Å². The summed E-state index contributed by atoms with van der Waals surface area (Å²) in [6.07, 6.45) is -1.31. The molecular weight excluding hydrogens is 413 g/mol. The molecule has 2 aromatic rings. The van der Waals surface area contributed by atoms with Gasteiger partial charge in [-0.1, -0.05) is 53.0 Å². The van der Waals surface area contributed by atoms with Gasteiger partial charge in [0, 0.05) is 0 Å². The van der Waals surface area contributed by atoms with E-state index in [1.54, 1.807) is 12.1 Å². The Morgan fingerprint density at radius 2 is 1.78 bits per heavy atom. The van der Waals surface area contributed by atoms with E-state index in [1.807, 2.05) is 19.1 Å². The molecular formula is C18H19Cl2NO5S. The maximum Gasteiger partial charge on any atom is 0.327 e. The Balaban J connectivity index is 2.12. The number of hydrogen-bond donors (Lipinski definition) is 2. The fraction of sp³-hybridized carbons (Fsp3) is 0.278. The number of carbonyl (C=O) groups excluding carboxylic acids is 1. The van der Waals surface area contributed by atoms with E-state index in [2.05, 4.69) is 4.72 Å². The van der Waals surface area contributed by atoms with E-state index in [4.69, 9.17) is 27.9 Å². The Hall–Kier alpha value is -1.64. The van der Waals surface area contributed by atoms with Crippen LogP contribution in [0.1, 0.15) is 18.1 Å². The van der Waals surface area contributed by atoms with Gasteiger partial charge < -0.3 is 9.84 Å². The molecule has 0 aromatic heterocycles. The van der Waals surface area contributed by atoms with Crippen LogP contribution in [0.3, 0.4) is 0 Å². The van der Waals surface area contributed by atoms with E-state index >= 15 is 0 Å². The normalized spacial score (nSPS) is 13.8. The number of aliphatic hydroxyl groups is 1. The number of carbonyl (C=O) groups is 1. The van der Waals surface area contributed by atoms with Crippen molar-refractivity contribution in [1.29, 1.82) is 0 Å². The van der Waals surface area contributed by atoms with Crippen LogP contribution < -0.4 is 4.72 Å². The van der Waals surface area contributed by atoms with E-state index in [-0.39, 0.29) is 21.5 Å². The Morgan fingerprint density at radius 1 is 1.15 bits per heavy atom. The molecule has 0 aliphatic carbocycles. The van der Waals surface area contributed by atoms with Gasteiger partial charge in [0.1, 0.15) is 12.6 Å². The Bertz CT molecular complexity index is 914. The molecule has 0 saturated carbocycles. The number of rotatable bonds is 7. The second-order valence-corrected chi connectivity index (χ2v) is 8.54. The molecule has 0 spiro atoms. The lowest BCUT2D eigenvalue weighted by atomic mass is 10.1. The van der Waals surface area contributed by atoms with E-state index < -0.39 is 28.1 Å². The number of aliphatic hydroxyl groups excluding tert-OH is 1. The van der Waals surface area contributed by atoms with Crippen LogP contribution >= 0.6 is 23.2 Å². The summed E-state index contributed by atoms with van der Waals surface area (Å²) in [4.78, 5) is 12.1. The van der Waals surface area contributed by atoms with Crippen LogP contribution in [0.25, 0.3) is 0 Å². The largest absolute Gasteiger partial charge is 0.460 e. The fourth-order valence-electron chi connectivity index (χ4n) is 2.15. The number of sulfonamides is 1. The summed E-state index contributed by atoms with van der Waals surface area (Å²) >= 11 is 11.6. The summed E-state index contributed by atoms with van der Waals surface area (Å²) < 4.78 is 32.3. The maximum absolute atomic E-state index is 12.5. The molecule has 0 aliphatic rings. The third-order valence-electron chi connectivity index (χ3n) is 3.72. The van der Waals surface area contributed by atoms with Crippen molar-refractivity contribution in [2.24, 2.45) is 0 Å². The van der Waals surface area contributed by atoms with Crippen LogP contribution in [0.4, 0.5) is 0 Å². The third kappa shape index (κ3) is 5.92. The highest BCUT2D eigenvalue weighted by molar-refractivity contribution is 7.89. The topological polar surface area (TPSA) is 92.7 Å². The number of aryl methyl sites for hydroxylation is 1. The predicted octanol–water partition coefficient (Wildman–Crippen LogP) is 3.07. The number of benzene rings is 2. The second kappa shape index (κ2) is 9.03. The van der Waals surface area contributed by atoms with Crippen molar-refractivity contribution in [2.45, 2.75) is 37.5 Å². The number of halogens is 2. The molecule has 0 amide bonds. The maximum atomic E-state index is 12.5. The van der Waals surface area contributed by atoms with Crippen molar-refractivity contribution in [2.75, 3.05) is 0 Å². The fourth-order valence-corrected chi connectivity index (χ4v) is 3.80. The minimum Gasteiger partial charge on any atom is -0.460 e. The smallest absolute Gasteiger partial charge is 0.327 e. The summed E-state index contributed by atoms with van der Waals surface area (Å²) in [5, 5.41) is 10.1. The summed E-state index contributed by atoms with van der Waals surface area (Å²) in [6.45, 7) is 3.17. The highest BCUT2D eigenvalue weighted by Gasteiger charge is 2.31. The lowest BCUT2D eigenvalue weighted by Crippen LogP contribution is -2.48. The monoisotopic (exact) mass is 431 g/mol. The average molecular weight is 432 g/mol. The first-order valence-electron chi connectivity index (χ1n) is 7.98. The van der Waals surface area contributed by atoms with Gasteiger partial charge >= 0.3 is 5.97 Å². The van der Waals surface area contributed by atoms with Crippen molar-refractivity contribution in [3.05, 3.63) is 63.6 Å². The molecule has 0 bridgehead atoms. The lowest BCUT2D eigenvalue weighted by molar-refractivity contribution is -0.149. The van der Waals surface area contributed by atoms with E-state index in [0.29, 0.717) is 0 Å². The molecule has 146 valence electrons. The van der Waals surface area contributed by atoms with E-state index in [1.165, 1.54) is 19.1 Å².